The third-order valence-corrected chi connectivity index (χ3v) is 6.20. The van der Waals surface area contributed by atoms with Gasteiger partial charge in [0.05, 0.1) is 6.61 Å². The van der Waals surface area contributed by atoms with E-state index in [-0.39, 0.29) is 10.7 Å². The van der Waals surface area contributed by atoms with Crippen molar-refractivity contribution in [3.63, 3.8) is 0 Å². The van der Waals surface area contributed by atoms with Crippen molar-refractivity contribution in [2.75, 3.05) is 11.9 Å². The number of aliphatic hydroxyl groups excluding tert-OH is 3. The molecule has 0 aliphatic carbocycles. The van der Waals surface area contributed by atoms with E-state index in [1.807, 2.05) is 0 Å². The van der Waals surface area contributed by atoms with Gasteiger partial charge in [0.15, 0.2) is 6.23 Å². The van der Waals surface area contributed by atoms with Crippen LogP contribution in [0.4, 0.5) is 5.82 Å². The van der Waals surface area contributed by atoms with Crippen LogP contribution in [0.15, 0.2) is 12.3 Å². The molecule has 182 valence electrons. The maximum absolute atomic E-state index is 12.2. The van der Waals surface area contributed by atoms with Gasteiger partial charge in [0.25, 0.3) is 0 Å². The van der Waals surface area contributed by atoms with E-state index in [2.05, 4.69) is 17.2 Å². The van der Waals surface area contributed by atoms with Gasteiger partial charge in [0.2, 0.25) is 10.7 Å². The monoisotopic (exact) mass is 469 g/mol. The van der Waals surface area contributed by atoms with Gasteiger partial charge in [-0.2, -0.15) is 0 Å². The maximum Gasteiger partial charge on any atom is 0.225 e. The average molecular weight is 470 g/mol. The molecule has 1 aliphatic heterocycles. The van der Waals surface area contributed by atoms with Crippen LogP contribution in [0.2, 0.25) is 0 Å². The van der Waals surface area contributed by atoms with Crippen molar-refractivity contribution in [2.45, 2.75) is 109 Å². The zero-order valence-corrected chi connectivity index (χ0v) is 19.9. The largest absolute Gasteiger partial charge is 0.394 e. The highest BCUT2D eigenvalue weighted by Crippen LogP contribution is 2.29. The van der Waals surface area contributed by atoms with Crippen molar-refractivity contribution in [2.24, 2.45) is 0 Å². The molecular formula is C23H39N3O5S. The molecule has 2 heterocycles. The van der Waals surface area contributed by atoms with Gasteiger partial charge >= 0.3 is 0 Å². The molecule has 0 radical (unpaired) electrons. The SMILES string of the molecule is CCCCCCCCCCCCCC(=O)Nc1ccn([C@@H]2O[C@H](CO)[C@@H](O)[C@@H]2O)c(=S)n1. The molecule has 1 amide bonds. The minimum atomic E-state index is -1.23. The Morgan fingerprint density at radius 1 is 1.06 bits per heavy atom. The minimum absolute atomic E-state index is 0.103. The van der Waals surface area contributed by atoms with Gasteiger partial charge < -0.3 is 25.4 Å². The fraction of sp³-hybridized carbons (Fsp3) is 0.783. The Hall–Kier alpha value is -1.39. The second-order valence-electron chi connectivity index (χ2n) is 8.57. The predicted octanol–water partition coefficient (Wildman–Crippen LogP) is 3.86. The summed E-state index contributed by atoms with van der Waals surface area (Å²) >= 11 is 5.25. The predicted molar refractivity (Wildman–Crippen MR) is 126 cm³/mol. The average Bonchev–Trinajstić information content (AvgIpc) is 3.06. The fourth-order valence-corrected chi connectivity index (χ4v) is 4.20. The molecule has 0 aromatic carbocycles. The lowest BCUT2D eigenvalue weighted by Gasteiger charge is -2.18. The van der Waals surface area contributed by atoms with Crippen molar-refractivity contribution in [1.82, 2.24) is 9.55 Å². The van der Waals surface area contributed by atoms with Crippen molar-refractivity contribution in [1.29, 1.82) is 0 Å². The smallest absolute Gasteiger partial charge is 0.225 e. The molecule has 1 aromatic rings. The van der Waals surface area contributed by atoms with Crippen molar-refractivity contribution < 1.29 is 24.9 Å². The van der Waals surface area contributed by atoms with E-state index >= 15 is 0 Å². The van der Waals surface area contributed by atoms with Crippen LogP contribution in [0.25, 0.3) is 0 Å². The summed E-state index contributed by atoms with van der Waals surface area (Å²) in [6.07, 6.45) is 11.3. The zero-order chi connectivity index (χ0) is 23.3. The number of hydrogen-bond donors (Lipinski definition) is 4. The second kappa shape index (κ2) is 14.7. The number of anilines is 1. The fourth-order valence-electron chi connectivity index (χ4n) is 3.94. The third kappa shape index (κ3) is 8.51. The normalized spacial score (nSPS) is 22.9. The number of hydrogen-bond acceptors (Lipinski definition) is 7. The first-order chi connectivity index (χ1) is 15.5. The lowest BCUT2D eigenvalue weighted by atomic mass is 10.1. The van der Waals surface area contributed by atoms with E-state index in [0.29, 0.717) is 12.2 Å². The molecule has 1 aromatic heterocycles. The molecule has 1 saturated heterocycles. The number of carbonyl (C=O) groups is 1. The summed E-state index contributed by atoms with van der Waals surface area (Å²) in [4.78, 5) is 16.4. The molecule has 2 rings (SSSR count). The molecule has 8 nitrogen and oxygen atoms in total. The summed E-state index contributed by atoms with van der Waals surface area (Å²) < 4.78 is 6.97. The van der Waals surface area contributed by atoms with Gasteiger partial charge in [-0.3, -0.25) is 9.36 Å². The van der Waals surface area contributed by atoms with Gasteiger partial charge in [-0.25, -0.2) is 4.98 Å². The first-order valence-corrected chi connectivity index (χ1v) is 12.4. The highest BCUT2D eigenvalue weighted by atomic mass is 32.1. The Morgan fingerprint density at radius 3 is 2.19 bits per heavy atom. The third-order valence-electron chi connectivity index (χ3n) is 5.90. The van der Waals surface area contributed by atoms with Crippen LogP contribution in [0, 0.1) is 4.77 Å². The van der Waals surface area contributed by atoms with Crippen LogP contribution in [0.5, 0.6) is 0 Å². The summed E-state index contributed by atoms with van der Waals surface area (Å²) in [6, 6.07) is 1.57. The first kappa shape index (κ1) is 26.9. The van der Waals surface area contributed by atoms with Gasteiger partial charge in [0, 0.05) is 12.6 Å². The molecule has 1 fully saturated rings. The first-order valence-electron chi connectivity index (χ1n) is 12.0. The number of aromatic nitrogens is 2. The van der Waals surface area contributed by atoms with Crippen LogP contribution in [-0.4, -0.2) is 55.7 Å². The number of rotatable bonds is 15. The molecule has 4 N–H and O–H groups in total. The number of aliphatic hydroxyl groups is 3. The number of ether oxygens (including phenoxy) is 1. The molecule has 0 unspecified atom stereocenters. The maximum atomic E-state index is 12.2. The van der Waals surface area contributed by atoms with Gasteiger partial charge in [-0.15, -0.1) is 0 Å². The molecule has 9 heteroatoms. The molecule has 0 saturated carbocycles. The van der Waals surface area contributed by atoms with Gasteiger partial charge in [-0.1, -0.05) is 71.1 Å². The van der Waals surface area contributed by atoms with E-state index in [1.165, 1.54) is 55.9 Å². The highest BCUT2D eigenvalue weighted by Gasteiger charge is 2.43. The molecule has 1 aliphatic rings. The second-order valence-corrected chi connectivity index (χ2v) is 8.93. The summed E-state index contributed by atoms with van der Waals surface area (Å²) in [6.45, 7) is 1.82. The lowest BCUT2D eigenvalue weighted by Crippen LogP contribution is -2.33. The number of amides is 1. The summed E-state index contributed by atoms with van der Waals surface area (Å²) in [5.74, 6) is 0.236. The summed E-state index contributed by atoms with van der Waals surface area (Å²) in [5.41, 5.74) is 0. The van der Waals surface area contributed by atoms with E-state index in [1.54, 1.807) is 12.3 Å². The number of unbranched alkanes of at least 4 members (excludes halogenated alkanes) is 10. The van der Waals surface area contributed by atoms with Crippen molar-refractivity contribution in [3.8, 4) is 0 Å². The Kier molecular flexibility index (Phi) is 12.3. The topological polar surface area (TPSA) is 117 Å². The highest BCUT2D eigenvalue weighted by molar-refractivity contribution is 7.71. The Balaban J connectivity index is 1.65. The van der Waals surface area contributed by atoms with E-state index < -0.39 is 31.1 Å². The Labute approximate surface area is 196 Å². The summed E-state index contributed by atoms with van der Waals surface area (Å²) in [7, 11) is 0. The standard InChI is InChI=1S/C23H39N3O5S/c1-2-3-4-5-6-7-8-9-10-11-12-13-19(28)24-18-14-15-26(23(32)25-18)22-21(30)20(29)17(16-27)31-22/h14-15,17,20-22,27,29-30H,2-13,16H2,1H3,(H,24,25,28,32)/t17-,20-,21+,22-/m1/s1. The van der Waals surface area contributed by atoms with Crippen LogP contribution in [0.1, 0.15) is 90.2 Å². The van der Waals surface area contributed by atoms with Crippen molar-refractivity contribution >= 4 is 23.9 Å². The number of nitrogens with zero attached hydrogens (tertiary/aromatic N) is 2. The number of nitrogens with one attached hydrogen (secondary N) is 1. The van der Waals surface area contributed by atoms with E-state index in [0.717, 1.165) is 19.3 Å². The molecule has 4 atom stereocenters. The van der Waals surface area contributed by atoms with E-state index in [4.69, 9.17) is 17.0 Å². The quantitative estimate of drug-likeness (QED) is 0.228. The molecule has 0 bridgehead atoms. The van der Waals surface area contributed by atoms with E-state index in [9.17, 15) is 20.1 Å². The lowest BCUT2D eigenvalue weighted by molar-refractivity contribution is -0.116. The molecule has 32 heavy (non-hydrogen) atoms. The van der Waals surface area contributed by atoms with Crippen molar-refractivity contribution in [3.05, 3.63) is 17.0 Å². The Morgan fingerprint density at radius 2 is 1.66 bits per heavy atom. The van der Waals surface area contributed by atoms with Gasteiger partial charge in [0.1, 0.15) is 24.1 Å². The number of carbonyl (C=O) groups excluding carboxylic acids is 1. The molecular weight excluding hydrogens is 430 g/mol. The van der Waals surface area contributed by atoms with Crippen LogP contribution in [-0.2, 0) is 9.53 Å². The van der Waals surface area contributed by atoms with Gasteiger partial charge in [-0.05, 0) is 24.7 Å². The molecule has 0 spiro atoms. The summed E-state index contributed by atoms with van der Waals surface area (Å²) in [5, 5.41) is 32.0. The van der Waals surface area contributed by atoms with Crippen LogP contribution in [0.3, 0.4) is 0 Å². The zero-order valence-electron chi connectivity index (χ0n) is 19.1. The van der Waals surface area contributed by atoms with Crippen LogP contribution < -0.4 is 5.32 Å². The van der Waals surface area contributed by atoms with Crippen LogP contribution >= 0.6 is 12.2 Å². The Bertz CT molecular complexity index is 745. The minimum Gasteiger partial charge on any atom is -0.394 e.